The Morgan fingerprint density at radius 2 is 1.09 bits per heavy atom. The highest BCUT2D eigenvalue weighted by molar-refractivity contribution is 5.76. The molecule has 1 atom stereocenters. The van der Waals surface area contributed by atoms with Gasteiger partial charge in [0, 0.05) is 31.9 Å². The first kappa shape index (κ1) is 37.3. The number of carbonyl (C=O) groups excluding carboxylic acids is 2. The summed E-state index contributed by atoms with van der Waals surface area (Å²) < 4.78 is 10.8. The Balaban J connectivity index is 3.29. The third-order valence-electron chi connectivity index (χ3n) is 5.80. The SMILES string of the molecule is CC(C)(C)OC(=O)CN(CCN(CCN(CC(=O)O)CC(=O)O)[C@@H](Cc1ccc(N)cc1)C(=O)O)CC(=O)OC(C)(C)C. The molecule has 0 heterocycles. The van der Waals surface area contributed by atoms with E-state index in [2.05, 4.69) is 0 Å². The van der Waals surface area contributed by atoms with E-state index in [1.807, 2.05) is 0 Å². The first-order chi connectivity index (χ1) is 19.7. The number of rotatable bonds is 18. The van der Waals surface area contributed by atoms with Gasteiger partial charge in [-0.25, -0.2) is 0 Å². The molecule has 1 rings (SSSR count). The van der Waals surface area contributed by atoms with Gasteiger partial charge in [0.25, 0.3) is 0 Å². The average Bonchev–Trinajstić information content (AvgIpc) is 2.80. The number of carboxylic acid groups (broad SMARTS) is 3. The van der Waals surface area contributed by atoms with Crippen molar-refractivity contribution < 1.29 is 48.8 Å². The van der Waals surface area contributed by atoms with Crippen LogP contribution in [0.2, 0.25) is 0 Å². The lowest BCUT2D eigenvalue weighted by atomic mass is 10.0. The Morgan fingerprint density at radius 1 is 0.698 bits per heavy atom. The fraction of sp³-hybridized carbons (Fsp3) is 0.621. The molecule has 0 aliphatic carbocycles. The standard InChI is InChI=1S/C29H46N4O10/c1-28(2,3)42-25(38)18-32(19-26(39)43-29(4,5)6)12-14-33(13-11-31(16-23(34)35)17-24(36)37)22(27(40)41)15-20-7-9-21(30)10-8-20/h7-10,22H,11-19,30H2,1-6H3,(H,34,35)(H,36,37)(H,40,41)/t22-/m0/s1. The van der Waals surface area contributed by atoms with E-state index < -0.39 is 60.2 Å². The lowest BCUT2D eigenvalue weighted by molar-refractivity contribution is -0.160. The van der Waals surface area contributed by atoms with E-state index >= 15 is 0 Å². The van der Waals surface area contributed by atoms with Gasteiger partial charge >= 0.3 is 29.8 Å². The molecule has 242 valence electrons. The van der Waals surface area contributed by atoms with Crippen LogP contribution in [-0.4, -0.2) is 129 Å². The van der Waals surface area contributed by atoms with E-state index in [1.54, 1.807) is 70.7 Å². The van der Waals surface area contributed by atoms with Gasteiger partial charge in [-0.3, -0.25) is 38.7 Å². The number of nitrogens with zero attached hydrogens (tertiary/aromatic N) is 3. The Labute approximate surface area is 252 Å². The van der Waals surface area contributed by atoms with Crippen LogP contribution in [0, 0.1) is 0 Å². The number of carboxylic acids is 3. The summed E-state index contributed by atoms with van der Waals surface area (Å²) in [5, 5.41) is 28.7. The van der Waals surface area contributed by atoms with Crippen LogP contribution >= 0.6 is 0 Å². The number of benzene rings is 1. The maximum Gasteiger partial charge on any atom is 0.321 e. The van der Waals surface area contributed by atoms with E-state index in [9.17, 15) is 39.3 Å². The summed E-state index contributed by atoms with van der Waals surface area (Å²) >= 11 is 0. The molecule has 5 N–H and O–H groups in total. The van der Waals surface area contributed by atoms with Gasteiger partial charge < -0.3 is 30.5 Å². The first-order valence-electron chi connectivity index (χ1n) is 13.9. The van der Waals surface area contributed by atoms with Gasteiger partial charge in [0.05, 0.1) is 26.2 Å². The number of aliphatic carboxylic acids is 3. The molecule has 1 aromatic rings. The molecule has 0 amide bonds. The van der Waals surface area contributed by atoms with Crippen LogP contribution in [0.25, 0.3) is 0 Å². The van der Waals surface area contributed by atoms with Crippen molar-refractivity contribution in [1.82, 2.24) is 14.7 Å². The molecule has 0 aromatic heterocycles. The van der Waals surface area contributed by atoms with Gasteiger partial charge in [-0.05, 0) is 65.7 Å². The van der Waals surface area contributed by atoms with Crippen LogP contribution in [0.1, 0.15) is 47.1 Å². The van der Waals surface area contributed by atoms with Gasteiger partial charge in [-0.15, -0.1) is 0 Å². The Hall–Kier alpha value is -3.75. The summed E-state index contributed by atoms with van der Waals surface area (Å²) in [7, 11) is 0. The quantitative estimate of drug-likeness (QED) is 0.136. The monoisotopic (exact) mass is 610 g/mol. The highest BCUT2D eigenvalue weighted by atomic mass is 16.6. The summed E-state index contributed by atoms with van der Waals surface area (Å²) in [4.78, 5) is 64.7. The number of hydrogen-bond donors (Lipinski definition) is 4. The van der Waals surface area contributed by atoms with E-state index in [0.29, 0.717) is 11.3 Å². The van der Waals surface area contributed by atoms with Crippen molar-refractivity contribution in [2.24, 2.45) is 0 Å². The fourth-order valence-corrected chi connectivity index (χ4v) is 4.14. The van der Waals surface area contributed by atoms with E-state index in [0.717, 1.165) is 0 Å². The fourth-order valence-electron chi connectivity index (χ4n) is 4.14. The number of esters is 2. The summed E-state index contributed by atoms with van der Waals surface area (Å²) in [5.74, 6) is -4.80. The van der Waals surface area contributed by atoms with Crippen molar-refractivity contribution >= 4 is 35.5 Å². The van der Waals surface area contributed by atoms with Crippen LogP contribution in [-0.2, 0) is 39.9 Å². The summed E-state index contributed by atoms with van der Waals surface area (Å²) in [5.41, 5.74) is 5.41. The zero-order chi connectivity index (χ0) is 33.0. The Bertz CT molecular complexity index is 1050. The molecule has 43 heavy (non-hydrogen) atoms. The second-order valence-electron chi connectivity index (χ2n) is 12.2. The molecule has 0 saturated carbocycles. The second kappa shape index (κ2) is 16.8. The minimum Gasteiger partial charge on any atom is -0.480 e. The molecular weight excluding hydrogens is 564 g/mol. The van der Waals surface area contributed by atoms with Gasteiger partial charge in [0.15, 0.2) is 0 Å². The second-order valence-corrected chi connectivity index (χ2v) is 12.2. The minimum absolute atomic E-state index is 0.0147. The van der Waals surface area contributed by atoms with Gasteiger partial charge in [0.1, 0.15) is 17.2 Å². The van der Waals surface area contributed by atoms with Crippen LogP contribution in [0.3, 0.4) is 0 Å². The number of anilines is 1. The highest BCUT2D eigenvalue weighted by Crippen LogP contribution is 2.14. The zero-order valence-corrected chi connectivity index (χ0v) is 25.9. The van der Waals surface area contributed by atoms with E-state index in [-0.39, 0.29) is 45.7 Å². The summed E-state index contributed by atoms with van der Waals surface area (Å²) in [6.45, 7) is 8.58. The summed E-state index contributed by atoms with van der Waals surface area (Å²) in [6, 6.07) is 5.57. The third-order valence-corrected chi connectivity index (χ3v) is 5.80. The Morgan fingerprint density at radius 3 is 1.44 bits per heavy atom. The van der Waals surface area contributed by atoms with E-state index in [1.165, 1.54) is 9.80 Å². The first-order valence-corrected chi connectivity index (χ1v) is 13.9. The minimum atomic E-state index is -1.23. The molecule has 14 nitrogen and oxygen atoms in total. The number of ether oxygens (including phenoxy) is 2. The molecule has 0 aliphatic heterocycles. The molecule has 0 aliphatic rings. The van der Waals surface area contributed by atoms with Crippen LogP contribution in [0.15, 0.2) is 24.3 Å². The third kappa shape index (κ3) is 17.1. The smallest absolute Gasteiger partial charge is 0.321 e. The average molecular weight is 611 g/mol. The van der Waals surface area contributed by atoms with Crippen molar-refractivity contribution in [3.63, 3.8) is 0 Å². The molecule has 0 fully saturated rings. The number of nitrogens with two attached hydrogens (primary N) is 1. The van der Waals surface area contributed by atoms with Crippen LogP contribution in [0.4, 0.5) is 5.69 Å². The zero-order valence-electron chi connectivity index (χ0n) is 25.9. The molecule has 0 unspecified atom stereocenters. The molecular formula is C29H46N4O10. The van der Waals surface area contributed by atoms with E-state index in [4.69, 9.17) is 15.2 Å². The maximum atomic E-state index is 12.7. The molecule has 1 aromatic carbocycles. The lowest BCUT2D eigenvalue weighted by Gasteiger charge is -2.33. The molecule has 0 spiro atoms. The van der Waals surface area contributed by atoms with Crippen molar-refractivity contribution in [1.29, 1.82) is 0 Å². The topological polar surface area (TPSA) is 200 Å². The molecule has 0 radical (unpaired) electrons. The van der Waals surface area contributed by atoms with Crippen molar-refractivity contribution in [2.75, 3.05) is 58.1 Å². The predicted octanol–water partition coefficient (Wildman–Crippen LogP) is 1.02. The normalized spacial score (nSPS) is 12.8. The number of carbonyl (C=O) groups is 5. The summed E-state index contributed by atoms with van der Waals surface area (Å²) in [6.07, 6.45) is 0.0611. The van der Waals surface area contributed by atoms with Gasteiger partial charge in [-0.2, -0.15) is 0 Å². The molecule has 0 bridgehead atoms. The molecule has 14 heteroatoms. The Kier molecular flexibility index (Phi) is 14.5. The van der Waals surface area contributed by atoms with Gasteiger partial charge in [-0.1, -0.05) is 12.1 Å². The van der Waals surface area contributed by atoms with Crippen LogP contribution < -0.4 is 5.73 Å². The number of hydrogen-bond acceptors (Lipinski definition) is 11. The van der Waals surface area contributed by atoms with Crippen LogP contribution in [0.5, 0.6) is 0 Å². The van der Waals surface area contributed by atoms with Gasteiger partial charge in [0.2, 0.25) is 0 Å². The van der Waals surface area contributed by atoms with Crippen molar-refractivity contribution in [2.45, 2.75) is 65.2 Å². The maximum absolute atomic E-state index is 12.7. The largest absolute Gasteiger partial charge is 0.480 e. The predicted molar refractivity (Wildman–Crippen MR) is 157 cm³/mol. The lowest BCUT2D eigenvalue weighted by Crippen LogP contribution is -2.51. The highest BCUT2D eigenvalue weighted by Gasteiger charge is 2.29. The molecule has 0 saturated heterocycles. The van der Waals surface area contributed by atoms with Crippen molar-refractivity contribution in [3.8, 4) is 0 Å². The number of nitrogen functional groups attached to an aromatic ring is 1. The van der Waals surface area contributed by atoms with Crippen molar-refractivity contribution in [3.05, 3.63) is 29.8 Å².